The van der Waals surface area contributed by atoms with Crippen molar-refractivity contribution >= 4 is 22.4 Å². The molecule has 0 bridgehead atoms. The number of esters is 1. The summed E-state index contributed by atoms with van der Waals surface area (Å²) >= 11 is 1.38. The standard InChI is InChI=1S/C11H18N2O2S/c1-3-5-6-7-8-9(10(14)15-4-2)13-11(12)16-8/h3-7H2,1-2H3,(H2,12,13). The Morgan fingerprint density at radius 2 is 2.19 bits per heavy atom. The van der Waals surface area contributed by atoms with Crippen molar-refractivity contribution in [2.24, 2.45) is 0 Å². The quantitative estimate of drug-likeness (QED) is 0.615. The van der Waals surface area contributed by atoms with Gasteiger partial charge in [0.2, 0.25) is 0 Å². The fraction of sp³-hybridized carbons (Fsp3) is 0.636. The van der Waals surface area contributed by atoms with Crippen molar-refractivity contribution in [2.75, 3.05) is 12.3 Å². The normalized spacial score (nSPS) is 10.4. The summed E-state index contributed by atoms with van der Waals surface area (Å²) < 4.78 is 4.94. The average molecular weight is 242 g/mol. The predicted molar refractivity (Wildman–Crippen MR) is 65.7 cm³/mol. The number of carbonyl (C=O) groups excluding carboxylic acids is 1. The lowest BCUT2D eigenvalue weighted by Crippen LogP contribution is -2.07. The van der Waals surface area contributed by atoms with E-state index in [1.807, 2.05) is 0 Å². The van der Waals surface area contributed by atoms with Gasteiger partial charge in [0.05, 0.1) is 6.61 Å². The highest BCUT2D eigenvalue weighted by Crippen LogP contribution is 2.23. The predicted octanol–water partition coefficient (Wildman–Crippen LogP) is 2.63. The molecule has 5 heteroatoms. The van der Waals surface area contributed by atoms with Gasteiger partial charge < -0.3 is 10.5 Å². The van der Waals surface area contributed by atoms with E-state index in [0.717, 1.165) is 30.6 Å². The van der Waals surface area contributed by atoms with Crippen molar-refractivity contribution < 1.29 is 9.53 Å². The topological polar surface area (TPSA) is 65.2 Å². The fourth-order valence-electron chi connectivity index (χ4n) is 1.43. The lowest BCUT2D eigenvalue weighted by atomic mass is 10.1. The largest absolute Gasteiger partial charge is 0.461 e. The van der Waals surface area contributed by atoms with Crippen LogP contribution in [0.15, 0.2) is 0 Å². The summed E-state index contributed by atoms with van der Waals surface area (Å²) in [6, 6.07) is 0. The van der Waals surface area contributed by atoms with Gasteiger partial charge in [0.1, 0.15) is 0 Å². The maximum Gasteiger partial charge on any atom is 0.358 e. The molecule has 0 saturated carbocycles. The van der Waals surface area contributed by atoms with Gasteiger partial charge in [0.25, 0.3) is 0 Å². The molecule has 0 unspecified atom stereocenters. The molecule has 1 heterocycles. The van der Waals surface area contributed by atoms with Crippen molar-refractivity contribution in [2.45, 2.75) is 39.5 Å². The molecule has 1 aromatic rings. The first-order valence-corrected chi connectivity index (χ1v) is 6.43. The number of carbonyl (C=O) groups is 1. The summed E-state index contributed by atoms with van der Waals surface area (Å²) in [4.78, 5) is 16.6. The third-order valence-corrected chi connectivity index (χ3v) is 3.13. The van der Waals surface area contributed by atoms with E-state index in [1.54, 1.807) is 6.92 Å². The van der Waals surface area contributed by atoms with Crippen molar-refractivity contribution in [3.8, 4) is 0 Å². The third-order valence-electron chi connectivity index (χ3n) is 2.19. The molecular weight excluding hydrogens is 224 g/mol. The number of thiazole rings is 1. The molecule has 90 valence electrons. The van der Waals surface area contributed by atoms with E-state index in [-0.39, 0.29) is 5.97 Å². The summed E-state index contributed by atoms with van der Waals surface area (Å²) in [6.07, 6.45) is 4.23. The number of rotatable bonds is 6. The van der Waals surface area contributed by atoms with Crippen LogP contribution in [0.3, 0.4) is 0 Å². The zero-order valence-corrected chi connectivity index (χ0v) is 10.6. The molecule has 2 N–H and O–H groups in total. The molecule has 0 saturated heterocycles. The van der Waals surface area contributed by atoms with Crippen LogP contribution in [0.25, 0.3) is 0 Å². The number of hydrogen-bond donors (Lipinski definition) is 1. The Bertz CT molecular complexity index is 350. The van der Waals surface area contributed by atoms with Crippen LogP contribution in [0, 0.1) is 0 Å². The van der Waals surface area contributed by atoms with E-state index in [4.69, 9.17) is 10.5 Å². The minimum atomic E-state index is -0.359. The van der Waals surface area contributed by atoms with Gasteiger partial charge in [-0.2, -0.15) is 0 Å². The molecule has 0 aliphatic carbocycles. The minimum Gasteiger partial charge on any atom is -0.461 e. The Balaban J connectivity index is 2.70. The van der Waals surface area contributed by atoms with Gasteiger partial charge in [-0.15, -0.1) is 11.3 Å². The molecule has 4 nitrogen and oxygen atoms in total. The Morgan fingerprint density at radius 3 is 2.81 bits per heavy atom. The number of nitrogens with zero attached hydrogens (tertiary/aromatic N) is 1. The Hall–Kier alpha value is -1.10. The van der Waals surface area contributed by atoms with Gasteiger partial charge in [-0.3, -0.25) is 0 Å². The number of hydrogen-bond acceptors (Lipinski definition) is 5. The number of nitrogen functional groups attached to an aromatic ring is 1. The number of aryl methyl sites for hydroxylation is 1. The van der Waals surface area contributed by atoms with Crippen LogP contribution in [0.5, 0.6) is 0 Å². The van der Waals surface area contributed by atoms with Gasteiger partial charge >= 0.3 is 5.97 Å². The van der Waals surface area contributed by atoms with Gasteiger partial charge in [0, 0.05) is 4.88 Å². The maximum absolute atomic E-state index is 11.6. The maximum atomic E-state index is 11.6. The first-order chi connectivity index (χ1) is 7.69. The molecule has 1 rings (SSSR count). The highest BCUT2D eigenvalue weighted by Gasteiger charge is 2.17. The van der Waals surface area contributed by atoms with Crippen LogP contribution >= 0.6 is 11.3 Å². The lowest BCUT2D eigenvalue weighted by molar-refractivity contribution is 0.0519. The number of anilines is 1. The molecule has 0 aromatic carbocycles. The van der Waals surface area contributed by atoms with E-state index < -0.39 is 0 Å². The minimum absolute atomic E-state index is 0.359. The molecule has 0 atom stereocenters. The van der Waals surface area contributed by atoms with Crippen molar-refractivity contribution in [1.29, 1.82) is 0 Å². The van der Waals surface area contributed by atoms with Crippen LogP contribution in [0.1, 0.15) is 48.5 Å². The van der Waals surface area contributed by atoms with E-state index in [1.165, 1.54) is 11.3 Å². The molecule has 0 aliphatic rings. The zero-order chi connectivity index (χ0) is 12.0. The molecule has 0 radical (unpaired) electrons. The lowest BCUT2D eigenvalue weighted by Gasteiger charge is -2.01. The third kappa shape index (κ3) is 3.48. The Labute approximate surface area is 99.8 Å². The van der Waals surface area contributed by atoms with Crippen LogP contribution in [0.2, 0.25) is 0 Å². The molecular formula is C11H18N2O2S. The summed E-state index contributed by atoms with van der Waals surface area (Å²) in [5, 5.41) is 0.439. The van der Waals surface area contributed by atoms with Crippen LogP contribution in [-0.4, -0.2) is 17.6 Å². The van der Waals surface area contributed by atoms with E-state index in [2.05, 4.69) is 11.9 Å². The summed E-state index contributed by atoms with van der Waals surface area (Å²) in [6.45, 7) is 4.29. The monoisotopic (exact) mass is 242 g/mol. The van der Waals surface area contributed by atoms with Crippen LogP contribution in [0.4, 0.5) is 5.13 Å². The van der Waals surface area contributed by atoms with Gasteiger partial charge in [-0.1, -0.05) is 19.8 Å². The van der Waals surface area contributed by atoms with E-state index in [0.29, 0.717) is 17.4 Å². The summed E-state index contributed by atoms with van der Waals surface area (Å²) in [5.41, 5.74) is 6.02. The fourth-order valence-corrected chi connectivity index (χ4v) is 2.30. The smallest absolute Gasteiger partial charge is 0.358 e. The highest BCUT2D eigenvalue weighted by molar-refractivity contribution is 7.15. The number of ether oxygens (including phenoxy) is 1. The highest BCUT2D eigenvalue weighted by atomic mass is 32.1. The number of nitrogens with two attached hydrogens (primary N) is 1. The number of aromatic nitrogens is 1. The number of unbranched alkanes of at least 4 members (excludes halogenated alkanes) is 2. The second kappa shape index (κ2) is 6.48. The molecule has 1 aromatic heterocycles. The van der Waals surface area contributed by atoms with Crippen molar-refractivity contribution in [1.82, 2.24) is 4.98 Å². The average Bonchev–Trinajstić information content (AvgIpc) is 2.61. The van der Waals surface area contributed by atoms with Gasteiger partial charge in [-0.05, 0) is 19.8 Å². The zero-order valence-electron chi connectivity index (χ0n) is 9.78. The first kappa shape index (κ1) is 13.0. The van der Waals surface area contributed by atoms with E-state index in [9.17, 15) is 4.79 Å². The van der Waals surface area contributed by atoms with Crippen LogP contribution < -0.4 is 5.73 Å². The second-order valence-corrected chi connectivity index (χ2v) is 4.62. The van der Waals surface area contributed by atoms with Crippen molar-refractivity contribution in [3.63, 3.8) is 0 Å². The SMILES string of the molecule is CCCCCc1sc(N)nc1C(=O)OCC. The molecule has 16 heavy (non-hydrogen) atoms. The van der Waals surface area contributed by atoms with Crippen LogP contribution in [-0.2, 0) is 11.2 Å². The first-order valence-electron chi connectivity index (χ1n) is 5.61. The van der Waals surface area contributed by atoms with Gasteiger partial charge in [-0.25, -0.2) is 9.78 Å². The van der Waals surface area contributed by atoms with Crippen molar-refractivity contribution in [3.05, 3.63) is 10.6 Å². The summed E-state index contributed by atoms with van der Waals surface area (Å²) in [5.74, 6) is -0.359. The second-order valence-electron chi connectivity index (χ2n) is 3.50. The Morgan fingerprint density at radius 1 is 1.44 bits per heavy atom. The summed E-state index contributed by atoms with van der Waals surface area (Å²) in [7, 11) is 0. The van der Waals surface area contributed by atoms with Gasteiger partial charge in [0.15, 0.2) is 10.8 Å². The molecule has 0 aliphatic heterocycles. The molecule has 0 fully saturated rings. The molecule has 0 amide bonds. The Kier molecular flexibility index (Phi) is 5.25. The molecule has 0 spiro atoms. The van der Waals surface area contributed by atoms with E-state index >= 15 is 0 Å².